The molecule has 1 atom stereocenters. The highest BCUT2D eigenvalue weighted by molar-refractivity contribution is 7.92. The first kappa shape index (κ1) is 31.7. The van der Waals surface area contributed by atoms with Crippen LogP contribution in [-0.2, 0) is 32.6 Å². The van der Waals surface area contributed by atoms with E-state index in [1.807, 2.05) is 37.3 Å². The molecule has 0 bridgehead atoms. The fourth-order valence-electron chi connectivity index (χ4n) is 4.17. The van der Waals surface area contributed by atoms with Crippen molar-refractivity contribution >= 4 is 62.3 Å². The summed E-state index contributed by atoms with van der Waals surface area (Å²) in [4.78, 5) is 29.0. The van der Waals surface area contributed by atoms with Gasteiger partial charge in [0, 0.05) is 24.5 Å². The Morgan fingerprint density at radius 2 is 1.60 bits per heavy atom. The number of unbranched alkanes of at least 4 members (excludes halogenated alkanes) is 1. The molecular formula is C29H32Cl3N3O4S. The minimum Gasteiger partial charge on any atom is -0.354 e. The van der Waals surface area contributed by atoms with Crippen LogP contribution < -0.4 is 9.62 Å². The van der Waals surface area contributed by atoms with E-state index < -0.39 is 28.5 Å². The number of carbonyl (C=O) groups is 2. The molecular weight excluding hydrogens is 593 g/mol. The van der Waals surface area contributed by atoms with Gasteiger partial charge in [0.1, 0.15) is 12.6 Å². The highest BCUT2D eigenvalue weighted by Gasteiger charge is 2.33. The molecule has 7 nitrogen and oxygen atoms in total. The van der Waals surface area contributed by atoms with Crippen LogP contribution in [0.2, 0.25) is 15.1 Å². The standard InChI is InChI=1S/C29H32Cl3N3O4S/c1-3-4-16-33-29(37)26(18-21-10-6-5-7-11-21)34(19-22-12-8-13-23(30)17-22)27(36)20-35(40(2,38)39)25-15-9-14-24(31)28(25)32/h5-15,17,26H,3-4,16,18-20H2,1-2H3,(H,33,37). The van der Waals surface area contributed by atoms with Gasteiger partial charge < -0.3 is 10.2 Å². The van der Waals surface area contributed by atoms with Gasteiger partial charge in [-0.1, -0.05) is 96.7 Å². The predicted octanol–water partition coefficient (Wildman–Crippen LogP) is 5.97. The monoisotopic (exact) mass is 623 g/mol. The number of hydrogen-bond acceptors (Lipinski definition) is 4. The molecule has 0 fully saturated rings. The fourth-order valence-corrected chi connectivity index (χ4v) is 5.69. The third-order valence-electron chi connectivity index (χ3n) is 6.22. The van der Waals surface area contributed by atoms with Crippen molar-refractivity contribution < 1.29 is 18.0 Å². The van der Waals surface area contributed by atoms with E-state index in [-0.39, 0.29) is 34.6 Å². The quantitative estimate of drug-likeness (QED) is 0.238. The largest absolute Gasteiger partial charge is 0.354 e. The Labute approximate surface area is 251 Å². The SMILES string of the molecule is CCCCNC(=O)C(Cc1ccccc1)N(Cc1cccc(Cl)c1)C(=O)CN(c1cccc(Cl)c1Cl)S(C)(=O)=O. The van der Waals surface area contributed by atoms with E-state index in [2.05, 4.69) is 5.32 Å². The molecule has 0 aliphatic carbocycles. The van der Waals surface area contributed by atoms with Crippen LogP contribution in [0.3, 0.4) is 0 Å². The van der Waals surface area contributed by atoms with Gasteiger partial charge in [-0.25, -0.2) is 8.42 Å². The molecule has 0 spiro atoms. The summed E-state index contributed by atoms with van der Waals surface area (Å²) in [6.07, 6.45) is 2.87. The predicted molar refractivity (Wildman–Crippen MR) is 163 cm³/mol. The van der Waals surface area contributed by atoms with E-state index in [4.69, 9.17) is 34.8 Å². The highest BCUT2D eigenvalue weighted by atomic mass is 35.5. The Morgan fingerprint density at radius 3 is 2.25 bits per heavy atom. The summed E-state index contributed by atoms with van der Waals surface area (Å²) in [6, 6.07) is 19.9. The van der Waals surface area contributed by atoms with Gasteiger partial charge in [0.05, 0.1) is 22.0 Å². The molecule has 0 saturated carbocycles. The molecule has 1 unspecified atom stereocenters. The Balaban J connectivity index is 2.06. The van der Waals surface area contributed by atoms with Crippen molar-refractivity contribution in [2.45, 2.75) is 38.8 Å². The van der Waals surface area contributed by atoms with Crippen molar-refractivity contribution in [1.29, 1.82) is 0 Å². The first-order valence-corrected chi connectivity index (χ1v) is 15.8. The normalized spacial score (nSPS) is 12.0. The van der Waals surface area contributed by atoms with Crippen molar-refractivity contribution in [3.8, 4) is 0 Å². The number of amides is 2. The first-order valence-electron chi connectivity index (χ1n) is 12.8. The van der Waals surface area contributed by atoms with E-state index in [0.717, 1.165) is 29.0 Å². The van der Waals surface area contributed by atoms with E-state index in [1.54, 1.807) is 30.3 Å². The van der Waals surface area contributed by atoms with Gasteiger partial charge in [0.2, 0.25) is 21.8 Å². The molecule has 11 heteroatoms. The molecule has 0 aromatic heterocycles. The number of rotatable bonds is 13. The van der Waals surface area contributed by atoms with Crippen molar-refractivity contribution in [2.24, 2.45) is 0 Å². The van der Waals surface area contributed by atoms with E-state index >= 15 is 0 Å². The Kier molecular flexibility index (Phi) is 11.7. The smallest absolute Gasteiger partial charge is 0.244 e. The summed E-state index contributed by atoms with van der Waals surface area (Å²) in [5.41, 5.74) is 1.60. The molecule has 3 rings (SSSR count). The number of halogens is 3. The summed E-state index contributed by atoms with van der Waals surface area (Å²) >= 11 is 18.7. The number of benzene rings is 3. The molecule has 0 heterocycles. The zero-order valence-corrected chi connectivity index (χ0v) is 25.4. The second kappa shape index (κ2) is 14.7. The van der Waals surface area contributed by atoms with Gasteiger partial charge in [-0.2, -0.15) is 0 Å². The molecule has 0 radical (unpaired) electrons. The molecule has 3 aromatic rings. The van der Waals surface area contributed by atoms with Crippen LogP contribution in [0.1, 0.15) is 30.9 Å². The van der Waals surface area contributed by atoms with Gasteiger partial charge in [-0.3, -0.25) is 13.9 Å². The third kappa shape index (κ3) is 8.86. The zero-order chi connectivity index (χ0) is 29.3. The van der Waals surface area contributed by atoms with Crippen LogP contribution in [0.25, 0.3) is 0 Å². The van der Waals surface area contributed by atoms with Crippen LogP contribution in [0, 0.1) is 0 Å². The van der Waals surface area contributed by atoms with Crippen LogP contribution in [0.15, 0.2) is 72.8 Å². The lowest BCUT2D eigenvalue weighted by molar-refractivity contribution is -0.140. The van der Waals surface area contributed by atoms with Crippen molar-refractivity contribution in [3.63, 3.8) is 0 Å². The Morgan fingerprint density at radius 1 is 0.925 bits per heavy atom. The molecule has 0 saturated heterocycles. The first-order chi connectivity index (χ1) is 19.0. The van der Waals surface area contributed by atoms with Gasteiger partial charge in [-0.05, 0) is 41.8 Å². The number of nitrogens with zero attached hydrogens (tertiary/aromatic N) is 2. The molecule has 40 heavy (non-hydrogen) atoms. The number of hydrogen-bond donors (Lipinski definition) is 1. The van der Waals surface area contributed by atoms with Crippen LogP contribution in [0.5, 0.6) is 0 Å². The lowest BCUT2D eigenvalue weighted by atomic mass is 10.0. The topological polar surface area (TPSA) is 86.8 Å². The lowest BCUT2D eigenvalue weighted by Gasteiger charge is -2.33. The van der Waals surface area contributed by atoms with Gasteiger partial charge in [0.25, 0.3) is 0 Å². The maximum atomic E-state index is 14.1. The van der Waals surface area contributed by atoms with Crippen LogP contribution in [-0.4, -0.2) is 50.5 Å². The summed E-state index contributed by atoms with van der Waals surface area (Å²) in [5, 5.41) is 3.56. The second-order valence-corrected chi connectivity index (χ2v) is 12.5. The molecule has 3 aromatic carbocycles. The highest BCUT2D eigenvalue weighted by Crippen LogP contribution is 2.34. The Hall–Kier alpha value is -2.78. The second-order valence-electron chi connectivity index (χ2n) is 9.34. The maximum absolute atomic E-state index is 14.1. The summed E-state index contributed by atoms with van der Waals surface area (Å²) < 4.78 is 26.7. The van der Waals surface area contributed by atoms with E-state index in [1.165, 1.54) is 17.0 Å². The third-order valence-corrected chi connectivity index (χ3v) is 8.39. The molecule has 2 amide bonds. The van der Waals surface area contributed by atoms with Crippen LogP contribution >= 0.6 is 34.8 Å². The van der Waals surface area contributed by atoms with E-state index in [0.29, 0.717) is 17.1 Å². The average Bonchev–Trinajstić information content (AvgIpc) is 2.91. The molecule has 0 aliphatic rings. The lowest BCUT2D eigenvalue weighted by Crippen LogP contribution is -2.53. The fraction of sp³-hybridized carbons (Fsp3) is 0.310. The Bertz CT molecular complexity index is 1420. The maximum Gasteiger partial charge on any atom is 0.244 e. The van der Waals surface area contributed by atoms with Crippen molar-refractivity contribution in [3.05, 3.63) is 99.0 Å². The molecule has 214 valence electrons. The van der Waals surface area contributed by atoms with Gasteiger partial charge in [-0.15, -0.1) is 0 Å². The van der Waals surface area contributed by atoms with Gasteiger partial charge in [0.15, 0.2) is 0 Å². The number of sulfonamides is 1. The number of nitrogens with one attached hydrogen (secondary N) is 1. The summed E-state index contributed by atoms with van der Waals surface area (Å²) in [7, 11) is -3.97. The summed E-state index contributed by atoms with van der Waals surface area (Å²) in [5.74, 6) is -0.924. The zero-order valence-electron chi connectivity index (χ0n) is 22.3. The average molecular weight is 625 g/mol. The number of anilines is 1. The van der Waals surface area contributed by atoms with Crippen molar-refractivity contribution in [2.75, 3.05) is 23.7 Å². The van der Waals surface area contributed by atoms with Crippen LogP contribution in [0.4, 0.5) is 5.69 Å². The van der Waals surface area contributed by atoms with Crippen molar-refractivity contribution in [1.82, 2.24) is 10.2 Å². The van der Waals surface area contributed by atoms with Gasteiger partial charge >= 0.3 is 0 Å². The van der Waals surface area contributed by atoms with E-state index in [9.17, 15) is 18.0 Å². The molecule has 1 N–H and O–H groups in total. The minimum atomic E-state index is -3.97. The molecule has 0 aliphatic heterocycles. The summed E-state index contributed by atoms with van der Waals surface area (Å²) in [6.45, 7) is 1.91. The minimum absolute atomic E-state index is 0.00178. The number of carbonyl (C=O) groups excluding carboxylic acids is 2.